The lowest BCUT2D eigenvalue weighted by molar-refractivity contribution is 0.0520. The summed E-state index contributed by atoms with van der Waals surface area (Å²) in [6, 6.07) is 4.78. The highest BCUT2D eigenvalue weighted by Crippen LogP contribution is 2.33. The van der Waals surface area contributed by atoms with Crippen LogP contribution in [0, 0.1) is 0 Å². The average Bonchev–Trinajstić information content (AvgIpc) is 2.87. The molecule has 2 rings (SSSR count). The van der Waals surface area contributed by atoms with E-state index in [-0.39, 0.29) is 29.8 Å². The zero-order chi connectivity index (χ0) is 15.4. The maximum atomic E-state index is 11.8. The number of benzene rings is 1. The van der Waals surface area contributed by atoms with Crippen molar-refractivity contribution in [2.75, 3.05) is 6.61 Å². The van der Waals surface area contributed by atoms with Gasteiger partial charge in [0.05, 0.1) is 12.7 Å². The molecule has 21 heavy (non-hydrogen) atoms. The van der Waals surface area contributed by atoms with Crippen LogP contribution >= 0.6 is 0 Å². The molecule has 7 nitrogen and oxygen atoms in total. The summed E-state index contributed by atoms with van der Waals surface area (Å²) in [5.41, 5.74) is 0.648. The Kier molecular flexibility index (Phi) is 4.42. The van der Waals surface area contributed by atoms with Gasteiger partial charge in [0, 0.05) is 11.6 Å². The van der Waals surface area contributed by atoms with Gasteiger partial charge in [-0.1, -0.05) is 0 Å². The highest BCUT2D eigenvalue weighted by Gasteiger charge is 2.21. The van der Waals surface area contributed by atoms with Gasteiger partial charge in [0.25, 0.3) is 0 Å². The minimum atomic E-state index is -0.594. The van der Waals surface area contributed by atoms with E-state index in [0.717, 1.165) is 0 Å². The smallest absolute Gasteiger partial charge is 0.361 e. The molecule has 1 aromatic carbocycles. The lowest BCUT2D eigenvalue weighted by atomic mass is 10.1. The average molecular weight is 291 g/mol. The summed E-state index contributed by atoms with van der Waals surface area (Å²) in [6.07, 6.45) is -0.00241. The molecule has 0 bridgehead atoms. The summed E-state index contributed by atoms with van der Waals surface area (Å²) in [5, 5.41) is 20.1. The number of phenolic OH excluding ortho intramolecular Hbond substituents is 1. The van der Waals surface area contributed by atoms with E-state index in [9.17, 15) is 9.90 Å². The third-order valence-electron chi connectivity index (χ3n) is 2.61. The van der Waals surface area contributed by atoms with Gasteiger partial charge in [-0.05, 0) is 32.9 Å². The number of ether oxygens (including phenoxy) is 2. The number of hydrogen-bond acceptors (Lipinski definition) is 6. The number of hydrogen-bond donors (Lipinski definition) is 2. The van der Waals surface area contributed by atoms with E-state index in [0.29, 0.717) is 11.3 Å². The predicted molar refractivity (Wildman–Crippen MR) is 75.2 cm³/mol. The first-order valence-corrected chi connectivity index (χ1v) is 6.60. The molecular formula is C14H17N3O4. The van der Waals surface area contributed by atoms with Crippen LogP contribution < -0.4 is 4.74 Å². The van der Waals surface area contributed by atoms with Gasteiger partial charge >= 0.3 is 5.97 Å². The first-order chi connectivity index (χ1) is 10.0. The minimum absolute atomic E-state index is 0.00241. The summed E-state index contributed by atoms with van der Waals surface area (Å²) in [6.45, 7) is 5.72. The highest BCUT2D eigenvalue weighted by atomic mass is 16.5. The number of esters is 1. The highest BCUT2D eigenvalue weighted by molar-refractivity contribution is 5.94. The van der Waals surface area contributed by atoms with Crippen molar-refractivity contribution in [1.82, 2.24) is 15.4 Å². The molecule has 0 unspecified atom stereocenters. The summed E-state index contributed by atoms with van der Waals surface area (Å²) >= 11 is 0. The van der Waals surface area contributed by atoms with Gasteiger partial charge in [-0.2, -0.15) is 10.3 Å². The molecular weight excluding hydrogens is 274 g/mol. The maximum absolute atomic E-state index is 11.8. The molecule has 0 spiro atoms. The summed E-state index contributed by atoms with van der Waals surface area (Å²) < 4.78 is 10.4. The van der Waals surface area contributed by atoms with Crippen LogP contribution in [0.2, 0.25) is 0 Å². The zero-order valence-electron chi connectivity index (χ0n) is 12.1. The molecule has 1 aromatic heterocycles. The lowest BCUT2D eigenvalue weighted by Gasteiger charge is -2.11. The Morgan fingerprint density at radius 1 is 1.38 bits per heavy atom. The fourth-order valence-corrected chi connectivity index (χ4v) is 1.82. The van der Waals surface area contributed by atoms with Crippen LogP contribution in [0.25, 0.3) is 11.3 Å². The molecule has 0 amide bonds. The molecule has 112 valence electrons. The van der Waals surface area contributed by atoms with Gasteiger partial charge in [0.1, 0.15) is 17.2 Å². The molecule has 7 heteroatoms. The SMILES string of the molecule is CCOC(=O)c1n[nH]nc1-c1ccc(OC(C)C)cc1O. The number of carbonyl (C=O) groups is 1. The normalized spacial score (nSPS) is 10.7. The van der Waals surface area contributed by atoms with E-state index in [1.165, 1.54) is 6.07 Å². The van der Waals surface area contributed by atoms with E-state index in [1.54, 1.807) is 19.1 Å². The van der Waals surface area contributed by atoms with E-state index in [4.69, 9.17) is 9.47 Å². The van der Waals surface area contributed by atoms with Crippen molar-refractivity contribution >= 4 is 5.97 Å². The summed E-state index contributed by atoms with van der Waals surface area (Å²) in [4.78, 5) is 11.8. The van der Waals surface area contributed by atoms with Crippen molar-refractivity contribution in [3.63, 3.8) is 0 Å². The Morgan fingerprint density at radius 3 is 2.76 bits per heavy atom. The second-order valence-electron chi connectivity index (χ2n) is 4.59. The fourth-order valence-electron chi connectivity index (χ4n) is 1.82. The Morgan fingerprint density at radius 2 is 2.14 bits per heavy atom. The van der Waals surface area contributed by atoms with Crippen molar-refractivity contribution in [1.29, 1.82) is 0 Å². The predicted octanol–water partition coefficient (Wildman–Crippen LogP) is 2.14. The maximum Gasteiger partial charge on any atom is 0.361 e. The Balaban J connectivity index is 2.35. The Labute approximate surface area is 121 Å². The van der Waals surface area contributed by atoms with E-state index in [1.807, 2.05) is 13.8 Å². The van der Waals surface area contributed by atoms with E-state index in [2.05, 4.69) is 15.4 Å². The monoisotopic (exact) mass is 291 g/mol. The summed E-state index contributed by atoms with van der Waals surface area (Å²) in [5.74, 6) is -0.108. The summed E-state index contributed by atoms with van der Waals surface area (Å²) in [7, 11) is 0. The number of nitrogens with zero attached hydrogens (tertiary/aromatic N) is 2. The van der Waals surface area contributed by atoms with Crippen LogP contribution in [0.4, 0.5) is 0 Å². The molecule has 0 aliphatic heterocycles. The Hall–Kier alpha value is -2.57. The molecule has 0 aliphatic rings. The van der Waals surface area contributed by atoms with Crippen molar-refractivity contribution in [2.24, 2.45) is 0 Å². The standard InChI is InChI=1S/C14H17N3O4/c1-4-20-14(19)13-12(15-17-16-13)10-6-5-9(7-11(10)18)21-8(2)3/h5-8,18H,4H2,1-3H3,(H,15,16,17). The van der Waals surface area contributed by atoms with Gasteiger partial charge in [0.15, 0.2) is 5.69 Å². The van der Waals surface area contributed by atoms with Crippen LogP contribution in [0.5, 0.6) is 11.5 Å². The number of aromatic hydroxyl groups is 1. The number of rotatable bonds is 5. The third-order valence-corrected chi connectivity index (χ3v) is 2.61. The molecule has 0 radical (unpaired) electrons. The van der Waals surface area contributed by atoms with Gasteiger partial charge in [-0.3, -0.25) is 0 Å². The van der Waals surface area contributed by atoms with Crippen molar-refractivity contribution in [3.05, 3.63) is 23.9 Å². The number of aromatic nitrogens is 3. The van der Waals surface area contributed by atoms with Crippen LogP contribution in [-0.4, -0.2) is 39.2 Å². The van der Waals surface area contributed by atoms with Crippen LogP contribution in [0.3, 0.4) is 0 Å². The van der Waals surface area contributed by atoms with Crippen LogP contribution in [0.15, 0.2) is 18.2 Å². The third kappa shape index (κ3) is 3.31. The largest absolute Gasteiger partial charge is 0.507 e. The van der Waals surface area contributed by atoms with Gasteiger partial charge < -0.3 is 14.6 Å². The lowest BCUT2D eigenvalue weighted by Crippen LogP contribution is -2.07. The zero-order valence-corrected chi connectivity index (χ0v) is 12.1. The molecule has 0 aliphatic carbocycles. The molecule has 0 saturated carbocycles. The first-order valence-electron chi connectivity index (χ1n) is 6.60. The van der Waals surface area contributed by atoms with Crippen LogP contribution in [0.1, 0.15) is 31.3 Å². The first kappa shape index (κ1) is 14.8. The molecule has 2 aromatic rings. The number of aromatic amines is 1. The fraction of sp³-hybridized carbons (Fsp3) is 0.357. The van der Waals surface area contributed by atoms with Gasteiger partial charge in [-0.25, -0.2) is 4.79 Å². The second kappa shape index (κ2) is 6.25. The van der Waals surface area contributed by atoms with Crippen molar-refractivity contribution < 1.29 is 19.4 Å². The van der Waals surface area contributed by atoms with Gasteiger partial charge in [-0.15, -0.1) is 5.10 Å². The molecule has 0 saturated heterocycles. The molecule has 2 N–H and O–H groups in total. The van der Waals surface area contributed by atoms with E-state index < -0.39 is 5.97 Å². The second-order valence-corrected chi connectivity index (χ2v) is 4.59. The number of nitrogens with one attached hydrogen (secondary N) is 1. The number of phenols is 1. The van der Waals surface area contributed by atoms with Crippen molar-refractivity contribution in [3.8, 4) is 22.8 Å². The Bertz CT molecular complexity index is 637. The topological polar surface area (TPSA) is 97.3 Å². The quantitative estimate of drug-likeness (QED) is 0.819. The molecule has 0 atom stereocenters. The number of carbonyl (C=O) groups excluding carboxylic acids is 1. The van der Waals surface area contributed by atoms with Crippen molar-refractivity contribution in [2.45, 2.75) is 26.9 Å². The van der Waals surface area contributed by atoms with Crippen LogP contribution in [-0.2, 0) is 4.74 Å². The molecule has 1 heterocycles. The number of H-pyrrole nitrogens is 1. The minimum Gasteiger partial charge on any atom is -0.507 e. The molecule has 0 fully saturated rings. The van der Waals surface area contributed by atoms with Gasteiger partial charge in [0.2, 0.25) is 0 Å². The van der Waals surface area contributed by atoms with E-state index >= 15 is 0 Å².